The largest absolute Gasteiger partial charge is 0.461 e. The van der Waals surface area contributed by atoms with Crippen LogP contribution in [0.25, 0.3) is 32.2 Å². The van der Waals surface area contributed by atoms with E-state index in [1.54, 1.807) is 18.9 Å². The van der Waals surface area contributed by atoms with Gasteiger partial charge in [0.15, 0.2) is 10.9 Å². The van der Waals surface area contributed by atoms with Crippen molar-refractivity contribution in [1.82, 2.24) is 24.8 Å². The number of halogens is 6. The highest BCUT2D eigenvalue weighted by Gasteiger charge is 2.49. The molecule has 0 radical (unpaired) electrons. The Hall–Kier alpha value is -4.25. The third kappa shape index (κ3) is 5.50. The molecule has 7 rings (SSSR count). The van der Waals surface area contributed by atoms with E-state index in [9.17, 15) is 26.7 Å². The predicted octanol–water partition coefficient (Wildman–Crippen LogP) is 5.82. The monoisotopic (exact) mass is 706 g/mol. The van der Waals surface area contributed by atoms with Gasteiger partial charge in [-0.2, -0.15) is 23.1 Å². The van der Waals surface area contributed by atoms with Gasteiger partial charge in [0, 0.05) is 49.1 Å². The minimum absolute atomic E-state index is 0.0185. The Morgan fingerprint density at radius 2 is 2.00 bits per heavy atom. The minimum atomic E-state index is -5.08. The fraction of sp³-hybridized carbons (Fsp3) is 0.469. The summed E-state index contributed by atoms with van der Waals surface area (Å²) < 4.78 is 96.7. The highest BCUT2D eigenvalue weighted by Crippen LogP contribution is 2.47. The summed E-state index contributed by atoms with van der Waals surface area (Å²) in [6.45, 7) is 2.95. The van der Waals surface area contributed by atoms with Crippen molar-refractivity contribution in [1.29, 1.82) is 5.41 Å². The average molecular weight is 707 g/mol. The number of carbonyl (C=O) groups is 1. The summed E-state index contributed by atoms with van der Waals surface area (Å²) in [5.41, 5.74) is 1.89. The summed E-state index contributed by atoms with van der Waals surface area (Å²) in [6, 6.07) is 1.44. The maximum Gasteiger partial charge on any atom is 0.417 e. The Morgan fingerprint density at radius 3 is 2.73 bits per heavy atom. The number of nitrogens with one attached hydrogen (secondary N) is 1. The van der Waals surface area contributed by atoms with Gasteiger partial charge in [-0.1, -0.05) is 11.3 Å². The lowest BCUT2D eigenvalue weighted by atomic mass is 9.94. The minimum Gasteiger partial charge on any atom is -0.461 e. The average Bonchev–Trinajstić information content (AvgIpc) is 3.81. The normalized spacial score (nSPS) is 24.2. The first kappa shape index (κ1) is 33.3. The van der Waals surface area contributed by atoms with Gasteiger partial charge in [0.2, 0.25) is 0 Å². The van der Waals surface area contributed by atoms with Crippen molar-refractivity contribution in [3.05, 3.63) is 35.4 Å². The van der Waals surface area contributed by atoms with E-state index in [-0.39, 0.29) is 64.2 Å². The molecular formula is C32H32F6N8O2S. The van der Waals surface area contributed by atoms with Crippen LogP contribution in [0, 0.1) is 17.0 Å². The van der Waals surface area contributed by atoms with Crippen molar-refractivity contribution in [3.63, 3.8) is 0 Å². The molecule has 2 aromatic carbocycles. The highest BCUT2D eigenvalue weighted by molar-refractivity contribution is 7.22. The first-order chi connectivity index (χ1) is 23.2. The van der Waals surface area contributed by atoms with Crippen molar-refractivity contribution < 1.29 is 35.9 Å². The van der Waals surface area contributed by atoms with E-state index in [4.69, 9.17) is 15.9 Å². The number of nitrogens with two attached hydrogens (primary N) is 1. The number of benzene rings is 2. The molecule has 49 heavy (non-hydrogen) atoms. The van der Waals surface area contributed by atoms with Gasteiger partial charge < -0.3 is 25.7 Å². The van der Waals surface area contributed by atoms with Gasteiger partial charge in [0.25, 0.3) is 5.91 Å². The summed E-state index contributed by atoms with van der Waals surface area (Å²) in [5, 5.41) is 7.02. The van der Waals surface area contributed by atoms with Crippen molar-refractivity contribution in [2.75, 3.05) is 43.9 Å². The number of likely N-dealkylation sites (tertiary alicyclic amines) is 1. The molecule has 0 spiro atoms. The number of anilines is 2. The standard InChI is InChI=1S/C32H32F6N8O2S/c1-15-21(6-9-46(15)22(47)12-39)44(2)28-18-10-19(32(36,37)38)23(17-4-5-20(34)27-26(17)41-29(40)49-27)24(35)25(18)42-30(43-28)48-14-31-7-3-8-45(31)13-16(33)11-31/h4-5,10,12,15-16,21,39H,3,6-9,11,13-14H2,1-2H3,(H2,40,41). The molecular weight excluding hydrogens is 674 g/mol. The number of nitrogens with zero attached hydrogens (tertiary/aromatic N) is 6. The van der Waals surface area contributed by atoms with Crippen LogP contribution < -0.4 is 15.4 Å². The van der Waals surface area contributed by atoms with Crippen LogP contribution in [0.1, 0.15) is 38.2 Å². The SMILES string of the molecule is CC1C(N(C)c2nc(OCC34CCCN3CC(F)C4)nc3c(F)c(-c4ccc(F)c5sc(N)nc45)c(C(F)(F)F)cc23)CCN1C(=O)C=N. The summed E-state index contributed by atoms with van der Waals surface area (Å²) in [4.78, 5) is 30.3. The number of ether oxygens (including phenoxy) is 1. The Kier molecular flexibility index (Phi) is 8.12. The molecule has 4 unspecified atom stereocenters. The molecule has 3 aliphatic heterocycles. The lowest BCUT2D eigenvalue weighted by Gasteiger charge is -2.33. The number of thiazole rings is 1. The van der Waals surface area contributed by atoms with Crippen LogP contribution in [0.3, 0.4) is 0 Å². The van der Waals surface area contributed by atoms with Crippen molar-refractivity contribution in [3.8, 4) is 17.1 Å². The Balaban J connectivity index is 1.42. The van der Waals surface area contributed by atoms with Crippen LogP contribution >= 0.6 is 11.3 Å². The molecule has 260 valence electrons. The van der Waals surface area contributed by atoms with E-state index in [0.717, 1.165) is 36.0 Å². The van der Waals surface area contributed by atoms with Gasteiger partial charge in [-0.05, 0) is 50.9 Å². The fourth-order valence-electron chi connectivity index (χ4n) is 7.84. The summed E-state index contributed by atoms with van der Waals surface area (Å²) in [5.74, 6) is -2.72. The summed E-state index contributed by atoms with van der Waals surface area (Å²) in [7, 11) is 1.58. The zero-order valence-electron chi connectivity index (χ0n) is 26.5. The molecule has 5 heterocycles. The Labute approximate surface area is 280 Å². The third-order valence-electron chi connectivity index (χ3n) is 10.2. The van der Waals surface area contributed by atoms with Gasteiger partial charge >= 0.3 is 12.2 Å². The molecule has 3 N–H and O–H groups in total. The quantitative estimate of drug-likeness (QED) is 0.182. The van der Waals surface area contributed by atoms with E-state index in [0.29, 0.717) is 25.6 Å². The van der Waals surface area contributed by atoms with Crippen LogP contribution in [0.5, 0.6) is 6.01 Å². The number of alkyl halides is 4. The van der Waals surface area contributed by atoms with Crippen molar-refractivity contribution in [2.45, 2.75) is 62.6 Å². The van der Waals surface area contributed by atoms with Gasteiger partial charge in [-0.3, -0.25) is 9.69 Å². The van der Waals surface area contributed by atoms with Crippen LogP contribution in [0.15, 0.2) is 18.2 Å². The fourth-order valence-corrected chi connectivity index (χ4v) is 8.61. The Bertz CT molecular complexity index is 1990. The molecule has 4 aromatic rings. The second-order valence-electron chi connectivity index (χ2n) is 12.9. The van der Waals surface area contributed by atoms with Crippen molar-refractivity contribution >= 4 is 55.5 Å². The molecule has 3 aliphatic rings. The number of nitrogen functional groups attached to an aromatic ring is 1. The van der Waals surface area contributed by atoms with Gasteiger partial charge in [-0.15, -0.1) is 0 Å². The van der Waals surface area contributed by atoms with Crippen LogP contribution in [-0.4, -0.2) is 94.0 Å². The molecule has 17 heteroatoms. The van der Waals surface area contributed by atoms with E-state index in [2.05, 4.69) is 15.0 Å². The van der Waals surface area contributed by atoms with E-state index >= 15 is 4.39 Å². The molecule has 0 saturated carbocycles. The molecule has 1 amide bonds. The number of hydrogen-bond acceptors (Lipinski definition) is 10. The molecule has 3 fully saturated rings. The van der Waals surface area contributed by atoms with Gasteiger partial charge in [0.1, 0.15) is 29.9 Å². The van der Waals surface area contributed by atoms with E-state index in [1.165, 1.54) is 4.90 Å². The maximum atomic E-state index is 16.9. The zero-order chi connectivity index (χ0) is 35.0. The molecule has 0 bridgehead atoms. The molecule has 2 aromatic heterocycles. The first-order valence-electron chi connectivity index (χ1n) is 15.7. The van der Waals surface area contributed by atoms with E-state index < -0.39 is 64.2 Å². The molecule has 3 saturated heterocycles. The van der Waals surface area contributed by atoms with Crippen LogP contribution in [-0.2, 0) is 11.0 Å². The lowest BCUT2D eigenvalue weighted by molar-refractivity contribution is -0.137. The number of likely N-dealkylation sites (N-methyl/N-ethyl adjacent to an activating group) is 1. The van der Waals surface area contributed by atoms with Gasteiger partial charge in [0.05, 0.1) is 33.6 Å². The third-order valence-corrected chi connectivity index (χ3v) is 11.1. The number of rotatable bonds is 7. The molecule has 4 atom stereocenters. The summed E-state index contributed by atoms with van der Waals surface area (Å²) in [6.07, 6.45) is -3.33. The predicted molar refractivity (Wildman–Crippen MR) is 173 cm³/mol. The number of hydrogen-bond donors (Lipinski definition) is 2. The first-order valence-corrected chi connectivity index (χ1v) is 16.6. The lowest BCUT2D eigenvalue weighted by Crippen LogP contribution is -2.44. The topological polar surface area (TPSA) is 125 Å². The highest BCUT2D eigenvalue weighted by atomic mass is 32.1. The van der Waals surface area contributed by atoms with Crippen LogP contribution in [0.2, 0.25) is 0 Å². The van der Waals surface area contributed by atoms with Crippen LogP contribution in [0.4, 0.5) is 37.3 Å². The maximum absolute atomic E-state index is 16.9. The number of fused-ring (bicyclic) bond motifs is 3. The van der Waals surface area contributed by atoms with Gasteiger partial charge in [-0.25, -0.2) is 18.2 Å². The van der Waals surface area contributed by atoms with Crippen molar-refractivity contribution in [2.24, 2.45) is 0 Å². The zero-order valence-corrected chi connectivity index (χ0v) is 27.3. The number of aromatic nitrogens is 3. The second kappa shape index (κ2) is 12.0. The number of carbonyl (C=O) groups excluding carboxylic acids is 1. The molecule has 0 aliphatic carbocycles. The number of amides is 1. The second-order valence-corrected chi connectivity index (χ2v) is 13.9. The Morgan fingerprint density at radius 1 is 1.22 bits per heavy atom. The van der Waals surface area contributed by atoms with E-state index in [1.807, 2.05) is 4.90 Å². The molecule has 10 nitrogen and oxygen atoms in total. The summed E-state index contributed by atoms with van der Waals surface area (Å²) >= 11 is 0.726. The smallest absolute Gasteiger partial charge is 0.417 e.